The molecule has 0 fully saturated rings. The third kappa shape index (κ3) is 1.78. The van der Waals surface area contributed by atoms with Crippen molar-refractivity contribution in [2.24, 2.45) is 4.99 Å². The van der Waals surface area contributed by atoms with Gasteiger partial charge < -0.3 is 0 Å². The van der Waals surface area contributed by atoms with Crippen LogP contribution in [-0.2, 0) is 6.54 Å². The van der Waals surface area contributed by atoms with Gasteiger partial charge in [0.1, 0.15) is 0 Å². The van der Waals surface area contributed by atoms with Crippen molar-refractivity contribution in [1.82, 2.24) is 9.78 Å². The molecule has 0 unspecified atom stereocenters. The van der Waals surface area contributed by atoms with Gasteiger partial charge in [0.2, 0.25) is 0 Å². The minimum absolute atomic E-state index is 0.882. The zero-order chi connectivity index (χ0) is 11.7. The van der Waals surface area contributed by atoms with Crippen molar-refractivity contribution < 1.29 is 0 Å². The Kier molecular flexibility index (Phi) is 2.52. The van der Waals surface area contributed by atoms with Crippen LogP contribution in [0.2, 0.25) is 0 Å². The van der Waals surface area contributed by atoms with Crippen LogP contribution in [0.3, 0.4) is 0 Å². The number of aliphatic imine (C=N–C) groups is 1. The van der Waals surface area contributed by atoms with Gasteiger partial charge in [-0.15, -0.1) is 0 Å². The minimum atomic E-state index is 0.882. The van der Waals surface area contributed by atoms with Crippen LogP contribution in [0.5, 0.6) is 0 Å². The van der Waals surface area contributed by atoms with Crippen LogP contribution in [0.1, 0.15) is 23.2 Å². The Balaban J connectivity index is 2.16. The fourth-order valence-corrected chi connectivity index (χ4v) is 2.27. The summed E-state index contributed by atoms with van der Waals surface area (Å²) in [6, 6.07) is 10.4. The highest BCUT2D eigenvalue weighted by Crippen LogP contribution is 2.17. The van der Waals surface area contributed by atoms with Crippen molar-refractivity contribution in [3.63, 3.8) is 0 Å². The van der Waals surface area contributed by atoms with E-state index in [1.54, 1.807) is 0 Å². The van der Waals surface area contributed by atoms with E-state index >= 15 is 0 Å². The lowest BCUT2D eigenvalue weighted by molar-refractivity contribution is 0.591. The van der Waals surface area contributed by atoms with Gasteiger partial charge in [0, 0.05) is 24.8 Å². The maximum atomic E-state index is 4.72. The average molecular weight is 225 g/mol. The lowest BCUT2D eigenvalue weighted by Gasteiger charge is -2.09. The lowest BCUT2D eigenvalue weighted by atomic mass is 10.0. The molecule has 0 radical (unpaired) electrons. The van der Waals surface area contributed by atoms with Crippen molar-refractivity contribution in [1.29, 1.82) is 0 Å². The van der Waals surface area contributed by atoms with E-state index in [1.807, 2.05) is 6.20 Å². The maximum Gasteiger partial charge on any atom is 0.0902 e. The Bertz CT molecular complexity index is 566. The number of nitrogens with zero attached hydrogens (tertiary/aromatic N) is 3. The molecule has 0 saturated carbocycles. The Morgan fingerprint density at radius 2 is 2.06 bits per heavy atom. The largest absolute Gasteiger partial charge is 0.282 e. The van der Waals surface area contributed by atoms with E-state index in [-0.39, 0.29) is 0 Å². The number of benzene rings is 1. The van der Waals surface area contributed by atoms with Crippen LogP contribution < -0.4 is 0 Å². The van der Waals surface area contributed by atoms with Gasteiger partial charge in [0.05, 0.1) is 11.4 Å². The van der Waals surface area contributed by atoms with E-state index in [1.165, 1.54) is 11.1 Å². The molecule has 86 valence electrons. The standard InChI is InChI=1S/C14H15N3/c1-11-5-2-3-6-12(11)14-13-7-9-16-17(13)10-4-8-15-14/h2-3,5-7,9H,4,8,10H2,1H3. The van der Waals surface area contributed by atoms with Gasteiger partial charge in [-0.25, -0.2) is 0 Å². The summed E-state index contributed by atoms with van der Waals surface area (Å²) in [4.78, 5) is 4.72. The van der Waals surface area contributed by atoms with E-state index in [0.717, 1.165) is 30.9 Å². The van der Waals surface area contributed by atoms with Crippen LogP contribution in [0, 0.1) is 6.92 Å². The fraction of sp³-hybridized carbons (Fsp3) is 0.286. The molecule has 0 amide bonds. The maximum absolute atomic E-state index is 4.72. The molecule has 0 N–H and O–H groups in total. The van der Waals surface area contributed by atoms with Gasteiger partial charge in [0.15, 0.2) is 0 Å². The third-order valence-electron chi connectivity index (χ3n) is 3.16. The summed E-state index contributed by atoms with van der Waals surface area (Å²) < 4.78 is 2.05. The van der Waals surface area contributed by atoms with E-state index in [9.17, 15) is 0 Å². The number of aromatic nitrogens is 2. The van der Waals surface area contributed by atoms with Crippen LogP contribution in [0.4, 0.5) is 0 Å². The molecule has 0 bridgehead atoms. The number of aryl methyl sites for hydroxylation is 2. The van der Waals surface area contributed by atoms with E-state index < -0.39 is 0 Å². The van der Waals surface area contributed by atoms with Crippen LogP contribution >= 0.6 is 0 Å². The predicted molar refractivity (Wildman–Crippen MR) is 68.5 cm³/mol. The molecule has 2 aromatic rings. The molecule has 17 heavy (non-hydrogen) atoms. The third-order valence-corrected chi connectivity index (χ3v) is 3.16. The summed E-state index contributed by atoms with van der Waals surface area (Å²) in [6.07, 6.45) is 2.92. The molecule has 3 heteroatoms. The van der Waals surface area contributed by atoms with Crippen LogP contribution in [0.25, 0.3) is 0 Å². The normalized spacial score (nSPS) is 15.0. The summed E-state index contributed by atoms with van der Waals surface area (Å²) in [5.41, 5.74) is 4.70. The number of hydrogen-bond acceptors (Lipinski definition) is 2. The van der Waals surface area contributed by atoms with Crippen LogP contribution in [-0.4, -0.2) is 22.0 Å². The highest BCUT2D eigenvalue weighted by molar-refractivity contribution is 6.12. The molecule has 0 spiro atoms. The van der Waals surface area contributed by atoms with Crippen molar-refractivity contribution in [3.8, 4) is 0 Å². The SMILES string of the molecule is Cc1ccccc1C1=NCCCn2nccc21. The highest BCUT2D eigenvalue weighted by Gasteiger charge is 2.15. The predicted octanol–water partition coefficient (Wildman–Crippen LogP) is 2.43. The van der Waals surface area contributed by atoms with Crippen molar-refractivity contribution in [3.05, 3.63) is 53.3 Å². The van der Waals surface area contributed by atoms with Crippen LogP contribution in [0.15, 0.2) is 41.5 Å². The number of rotatable bonds is 1. The first kappa shape index (κ1) is 10.3. The lowest BCUT2D eigenvalue weighted by Crippen LogP contribution is -2.11. The number of hydrogen-bond donors (Lipinski definition) is 0. The molecule has 0 atom stereocenters. The van der Waals surface area contributed by atoms with Gasteiger partial charge in [-0.3, -0.25) is 9.67 Å². The summed E-state index contributed by atoms with van der Waals surface area (Å²) in [5.74, 6) is 0. The van der Waals surface area contributed by atoms with Gasteiger partial charge in [0.25, 0.3) is 0 Å². The molecule has 3 nitrogen and oxygen atoms in total. The molecular formula is C14H15N3. The summed E-state index contributed by atoms with van der Waals surface area (Å²) in [6.45, 7) is 3.97. The minimum Gasteiger partial charge on any atom is -0.282 e. The number of fused-ring (bicyclic) bond motifs is 1. The molecule has 2 heterocycles. The van der Waals surface area contributed by atoms with Crippen molar-refractivity contribution in [2.75, 3.05) is 6.54 Å². The quantitative estimate of drug-likeness (QED) is 0.733. The topological polar surface area (TPSA) is 30.2 Å². The second-order valence-corrected chi connectivity index (χ2v) is 4.34. The zero-order valence-corrected chi connectivity index (χ0v) is 9.93. The summed E-state index contributed by atoms with van der Waals surface area (Å²) in [5, 5.41) is 4.36. The van der Waals surface area contributed by atoms with E-state index in [4.69, 9.17) is 4.99 Å². The second-order valence-electron chi connectivity index (χ2n) is 4.34. The van der Waals surface area contributed by atoms with E-state index in [2.05, 4.69) is 47.0 Å². The average Bonchev–Trinajstić information content (AvgIpc) is 2.71. The zero-order valence-electron chi connectivity index (χ0n) is 9.93. The van der Waals surface area contributed by atoms with Crippen molar-refractivity contribution >= 4 is 5.71 Å². The van der Waals surface area contributed by atoms with Crippen molar-refractivity contribution in [2.45, 2.75) is 19.9 Å². The highest BCUT2D eigenvalue weighted by atomic mass is 15.3. The molecule has 1 aromatic heterocycles. The molecule has 1 aromatic carbocycles. The molecule has 0 saturated heterocycles. The molecule has 0 aliphatic carbocycles. The second kappa shape index (κ2) is 4.17. The molecule has 1 aliphatic rings. The van der Waals surface area contributed by atoms with Gasteiger partial charge in [-0.2, -0.15) is 5.10 Å². The first-order valence-electron chi connectivity index (χ1n) is 5.99. The Morgan fingerprint density at radius 1 is 1.18 bits per heavy atom. The molecule has 1 aliphatic heterocycles. The Hall–Kier alpha value is -1.90. The fourth-order valence-electron chi connectivity index (χ4n) is 2.27. The molecule has 3 rings (SSSR count). The first-order chi connectivity index (χ1) is 8.36. The van der Waals surface area contributed by atoms with Gasteiger partial charge >= 0.3 is 0 Å². The monoisotopic (exact) mass is 225 g/mol. The Labute approximate surface area is 101 Å². The molecular weight excluding hydrogens is 210 g/mol. The van der Waals surface area contributed by atoms with Gasteiger partial charge in [-0.05, 0) is 25.0 Å². The Morgan fingerprint density at radius 3 is 2.94 bits per heavy atom. The van der Waals surface area contributed by atoms with E-state index in [0.29, 0.717) is 0 Å². The van der Waals surface area contributed by atoms with Gasteiger partial charge in [-0.1, -0.05) is 24.3 Å². The summed E-state index contributed by atoms with van der Waals surface area (Å²) >= 11 is 0. The smallest absolute Gasteiger partial charge is 0.0902 e. The summed E-state index contributed by atoms with van der Waals surface area (Å²) in [7, 11) is 0. The first-order valence-corrected chi connectivity index (χ1v) is 5.99.